The number of halogens is 3. The summed E-state index contributed by atoms with van der Waals surface area (Å²) in [7, 11) is 0. The molecule has 0 bridgehead atoms. The van der Waals surface area contributed by atoms with Gasteiger partial charge in [-0.15, -0.1) is 0 Å². The predicted octanol–water partition coefficient (Wildman–Crippen LogP) is 1.73. The maximum atomic E-state index is 12.3. The molecule has 0 saturated carbocycles. The molecule has 15 heavy (non-hydrogen) atoms. The first-order valence-corrected chi connectivity index (χ1v) is 5.24. The van der Waals surface area contributed by atoms with Gasteiger partial charge in [0.15, 0.2) is 5.13 Å². The molecule has 0 amide bonds. The van der Waals surface area contributed by atoms with Crippen LogP contribution in [0.15, 0.2) is 6.20 Å². The van der Waals surface area contributed by atoms with E-state index in [0.717, 1.165) is 6.20 Å². The van der Waals surface area contributed by atoms with Crippen LogP contribution in [0.1, 0.15) is 11.3 Å². The third kappa shape index (κ3) is 2.23. The molecule has 0 aromatic carbocycles. The first kappa shape index (κ1) is 10.7. The van der Waals surface area contributed by atoms with Gasteiger partial charge in [-0.1, -0.05) is 11.3 Å². The predicted molar refractivity (Wildman–Crippen MR) is 50.0 cm³/mol. The summed E-state index contributed by atoms with van der Waals surface area (Å²) in [4.78, 5) is 4.69. The Balaban J connectivity index is 2.14. The molecule has 1 aliphatic heterocycles. The Labute approximate surface area is 88.2 Å². The summed E-state index contributed by atoms with van der Waals surface area (Å²) in [6.07, 6.45) is -3.36. The van der Waals surface area contributed by atoms with Crippen molar-refractivity contribution in [2.75, 3.05) is 18.0 Å². The molecule has 1 atom stereocenters. The molecule has 0 spiro atoms. The lowest BCUT2D eigenvalue weighted by Crippen LogP contribution is -2.20. The van der Waals surface area contributed by atoms with Crippen LogP contribution in [0, 0.1) is 0 Å². The van der Waals surface area contributed by atoms with Gasteiger partial charge in [-0.2, -0.15) is 13.2 Å². The molecule has 84 valence electrons. The maximum Gasteiger partial charge on any atom is 0.427 e. The Bertz CT molecular complexity index is 352. The van der Waals surface area contributed by atoms with Crippen LogP contribution < -0.4 is 4.90 Å². The van der Waals surface area contributed by atoms with Crippen LogP contribution in [-0.2, 0) is 6.18 Å². The van der Waals surface area contributed by atoms with E-state index in [4.69, 9.17) is 0 Å². The van der Waals surface area contributed by atoms with Gasteiger partial charge in [0, 0.05) is 13.1 Å². The number of hydrogen-bond acceptors (Lipinski definition) is 4. The van der Waals surface area contributed by atoms with Gasteiger partial charge in [-0.05, 0) is 6.42 Å². The summed E-state index contributed by atoms with van der Waals surface area (Å²) in [5, 5.41) is 9.57. The molecule has 2 heterocycles. The largest absolute Gasteiger partial charge is 0.427 e. The van der Waals surface area contributed by atoms with Gasteiger partial charge in [0.1, 0.15) is 4.88 Å². The number of β-amino-alcohol motifs (C(OH)–C–C–N with tert-alkyl or cyclic N) is 1. The Morgan fingerprint density at radius 2 is 2.27 bits per heavy atom. The van der Waals surface area contributed by atoms with Crippen LogP contribution in [0.3, 0.4) is 0 Å². The second-order valence-electron chi connectivity index (χ2n) is 3.39. The monoisotopic (exact) mass is 238 g/mol. The van der Waals surface area contributed by atoms with Crippen molar-refractivity contribution in [3.8, 4) is 0 Å². The van der Waals surface area contributed by atoms with Gasteiger partial charge < -0.3 is 10.0 Å². The highest BCUT2D eigenvalue weighted by molar-refractivity contribution is 7.15. The smallest absolute Gasteiger partial charge is 0.391 e. The van der Waals surface area contributed by atoms with E-state index in [9.17, 15) is 18.3 Å². The van der Waals surface area contributed by atoms with Crippen molar-refractivity contribution in [2.45, 2.75) is 18.7 Å². The van der Waals surface area contributed by atoms with E-state index in [1.807, 2.05) is 0 Å². The first-order valence-electron chi connectivity index (χ1n) is 4.43. The number of nitrogens with zero attached hydrogens (tertiary/aromatic N) is 2. The molecular weight excluding hydrogens is 229 g/mol. The van der Waals surface area contributed by atoms with Crippen molar-refractivity contribution in [1.82, 2.24) is 4.98 Å². The number of aliphatic hydroxyl groups is 1. The maximum absolute atomic E-state index is 12.3. The minimum absolute atomic E-state index is 0.332. The topological polar surface area (TPSA) is 36.4 Å². The second-order valence-corrected chi connectivity index (χ2v) is 4.40. The van der Waals surface area contributed by atoms with Crippen molar-refractivity contribution in [3.63, 3.8) is 0 Å². The normalized spacial score (nSPS) is 22.4. The van der Waals surface area contributed by atoms with E-state index in [-0.39, 0.29) is 0 Å². The van der Waals surface area contributed by atoms with Gasteiger partial charge in [-0.3, -0.25) is 0 Å². The molecular formula is C8H9F3N2OS. The highest BCUT2D eigenvalue weighted by atomic mass is 32.1. The van der Waals surface area contributed by atoms with Gasteiger partial charge in [0.25, 0.3) is 0 Å². The Morgan fingerprint density at radius 3 is 2.73 bits per heavy atom. The minimum atomic E-state index is -4.33. The zero-order valence-electron chi connectivity index (χ0n) is 7.66. The van der Waals surface area contributed by atoms with Crippen molar-refractivity contribution < 1.29 is 18.3 Å². The molecule has 1 saturated heterocycles. The Hall–Kier alpha value is -0.820. The summed E-state index contributed by atoms with van der Waals surface area (Å²) in [5.74, 6) is 0. The van der Waals surface area contributed by atoms with Crippen molar-refractivity contribution >= 4 is 16.5 Å². The number of aliphatic hydroxyl groups excluding tert-OH is 1. The van der Waals surface area contributed by atoms with Gasteiger partial charge in [0.2, 0.25) is 0 Å². The molecule has 1 aromatic rings. The third-order valence-electron chi connectivity index (χ3n) is 2.21. The summed E-state index contributed by atoms with van der Waals surface area (Å²) in [5.41, 5.74) is 0. The third-order valence-corrected chi connectivity index (χ3v) is 3.31. The number of hydrogen-bond donors (Lipinski definition) is 1. The Kier molecular flexibility index (Phi) is 2.59. The van der Waals surface area contributed by atoms with E-state index in [0.29, 0.717) is 36.0 Å². The molecule has 7 heteroatoms. The fourth-order valence-corrected chi connectivity index (χ4v) is 2.28. The average molecular weight is 238 g/mol. The summed E-state index contributed by atoms with van der Waals surface area (Å²) >= 11 is 0.618. The zero-order valence-corrected chi connectivity index (χ0v) is 8.48. The zero-order chi connectivity index (χ0) is 11.1. The molecule has 1 fully saturated rings. The first-order chi connectivity index (χ1) is 6.97. The molecule has 2 rings (SSSR count). The lowest BCUT2D eigenvalue weighted by molar-refractivity contribution is -0.134. The number of alkyl halides is 3. The fraction of sp³-hybridized carbons (Fsp3) is 0.625. The van der Waals surface area contributed by atoms with Crippen LogP contribution in [0.25, 0.3) is 0 Å². The van der Waals surface area contributed by atoms with Crippen LogP contribution in [0.4, 0.5) is 18.3 Å². The number of rotatable bonds is 1. The Morgan fingerprint density at radius 1 is 1.53 bits per heavy atom. The van der Waals surface area contributed by atoms with E-state index >= 15 is 0 Å². The number of aromatic nitrogens is 1. The van der Waals surface area contributed by atoms with E-state index in [1.54, 1.807) is 4.90 Å². The highest BCUT2D eigenvalue weighted by Gasteiger charge is 2.34. The number of thiazole rings is 1. The summed E-state index contributed by atoms with van der Waals surface area (Å²) in [6.45, 7) is 0.927. The molecule has 0 aliphatic carbocycles. The lowest BCUT2D eigenvalue weighted by Gasteiger charge is -2.12. The average Bonchev–Trinajstić information content (AvgIpc) is 2.69. The summed E-state index contributed by atoms with van der Waals surface area (Å²) in [6, 6.07) is 0. The van der Waals surface area contributed by atoms with Crippen LogP contribution in [0.5, 0.6) is 0 Å². The lowest BCUT2D eigenvalue weighted by atomic mass is 10.3. The SMILES string of the molecule is O[C@H]1CCN(c2ncc(C(F)(F)F)s2)C1. The van der Waals surface area contributed by atoms with Crippen molar-refractivity contribution in [2.24, 2.45) is 0 Å². The molecule has 1 aliphatic rings. The molecule has 0 unspecified atom stereocenters. The summed E-state index contributed by atoms with van der Waals surface area (Å²) < 4.78 is 36.8. The van der Waals surface area contributed by atoms with E-state index in [1.165, 1.54) is 0 Å². The second kappa shape index (κ2) is 3.64. The van der Waals surface area contributed by atoms with Crippen LogP contribution >= 0.6 is 11.3 Å². The van der Waals surface area contributed by atoms with Crippen molar-refractivity contribution in [3.05, 3.63) is 11.1 Å². The number of anilines is 1. The van der Waals surface area contributed by atoms with E-state index < -0.39 is 17.2 Å². The van der Waals surface area contributed by atoms with Crippen LogP contribution in [-0.4, -0.2) is 29.3 Å². The molecule has 0 radical (unpaired) electrons. The minimum Gasteiger partial charge on any atom is -0.391 e. The molecule has 3 nitrogen and oxygen atoms in total. The molecule has 1 aromatic heterocycles. The molecule has 1 N–H and O–H groups in total. The van der Waals surface area contributed by atoms with Gasteiger partial charge in [0.05, 0.1) is 12.3 Å². The van der Waals surface area contributed by atoms with Crippen LogP contribution in [0.2, 0.25) is 0 Å². The van der Waals surface area contributed by atoms with Crippen molar-refractivity contribution in [1.29, 1.82) is 0 Å². The standard InChI is InChI=1S/C8H9F3N2OS/c9-8(10,11)6-3-12-7(15-6)13-2-1-5(14)4-13/h3,5,14H,1-2,4H2/t5-/m0/s1. The highest BCUT2D eigenvalue weighted by Crippen LogP contribution is 2.36. The van der Waals surface area contributed by atoms with Gasteiger partial charge in [-0.25, -0.2) is 4.98 Å². The van der Waals surface area contributed by atoms with E-state index in [2.05, 4.69) is 4.98 Å². The van der Waals surface area contributed by atoms with Gasteiger partial charge >= 0.3 is 6.18 Å². The quantitative estimate of drug-likeness (QED) is 0.809. The fourth-order valence-electron chi connectivity index (χ4n) is 1.46.